The van der Waals surface area contributed by atoms with E-state index in [1.54, 1.807) is 6.92 Å². The van der Waals surface area contributed by atoms with E-state index in [1.165, 1.54) is 4.90 Å². The molecule has 2 aliphatic rings. The summed E-state index contributed by atoms with van der Waals surface area (Å²) in [5.74, 6) is 0.00166. The second-order valence-corrected chi connectivity index (χ2v) is 6.09. The summed E-state index contributed by atoms with van der Waals surface area (Å²) in [4.78, 5) is 15.2. The normalized spacial score (nSPS) is 31.1. The van der Waals surface area contributed by atoms with E-state index in [0.717, 1.165) is 13.0 Å². The van der Waals surface area contributed by atoms with Gasteiger partial charge in [0.15, 0.2) is 0 Å². The minimum absolute atomic E-state index is 0.0566. The van der Waals surface area contributed by atoms with Crippen molar-refractivity contribution in [1.82, 2.24) is 9.80 Å². The summed E-state index contributed by atoms with van der Waals surface area (Å²) < 4.78 is 42.6. The lowest BCUT2D eigenvalue weighted by Crippen LogP contribution is -2.40. The van der Waals surface area contributed by atoms with Crippen LogP contribution in [0.15, 0.2) is 0 Å². The molecule has 2 heterocycles. The molecular formula is C14H23F3N2O2. The Morgan fingerprint density at radius 2 is 2.14 bits per heavy atom. The molecule has 0 spiro atoms. The summed E-state index contributed by atoms with van der Waals surface area (Å²) in [6.45, 7) is 5.02. The number of carbonyl (C=O) groups is 1. The summed E-state index contributed by atoms with van der Waals surface area (Å²) >= 11 is 0. The molecule has 4 nitrogen and oxygen atoms in total. The molecule has 0 radical (unpaired) electrons. The maximum absolute atomic E-state index is 12.5. The number of rotatable bonds is 5. The number of likely N-dealkylation sites (tertiary alicyclic amines) is 1. The molecule has 0 bridgehead atoms. The summed E-state index contributed by atoms with van der Waals surface area (Å²) in [5, 5.41) is 0. The Balaban J connectivity index is 1.83. The standard InChI is InChI=1S/C14H23F3N2O2/c1-3-18(9-14(15,16)17)7-11-4-5-19(8-11)12-6-10(2)21-13(12)20/h10-12H,3-9H2,1-2H3/t10-,11-,12+/m0/s1. The van der Waals surface area contributed by atoms with Crippen molar-refractivity contribution in [3.63, 3.8) is 0 Å². The Labute approximate surface area is 123 Å². The van der Waals surface area contributed by atoms with Gasteiger partial charge in [0, 0.05) is 19.5 Å². The Kier molecular flexibility index (Phi) is 5.14. The van der Waals surface area contributed by atoms with E-state index in [9.17, 15) is 18.0 Å². The molecule has 0 saturated carbocycles. The molecule has 2 fully saturated rings. The molecule has 2 aliphatic heterocycles. The van der Waals surface area contributed by atoms with Gasteiger partial charge in [0.1, 0.15) is 12.1 Å². The zero-order chi connectivity index (χ0) is 15.6. The maximum Gasteiger partial charge on any atom is 0.401 e. The van der Waals surface area contributed by atoms with Crippen LogP contribution in [0.4, 0.5) is 13.2 Å². The molecule has 3 atom stereocenters. The van der Waals surface area contributed by atoms with E-state index in [4.69, 9.17) is 4.74 Å². The predicted molar refractivity (Wildman–Crippen MR) is 71.8 cm³/mol. The minimum atomic E-state index is -4.15. The summed E-state index contributed by atoms with van der Waals surface area (Å²) in [6.07, 6.45) is -2.68. The number of alkyl halides is 3. The molecule has 7 heteroatoms. The first kappa shape index (κ1) is 16.5. The van der Waals surface area contributed by atoms with Crippen molar-refractivity contribution in [1.29, 1.82) is 0 Å². The summed E-state index contributed by atoms with van der Waals surface area (Å²) in [5.41, 5.74) is 0. The zero-order valence-electron chi connectivity index (χ0n) is 12.5. The number of ether oxygens (including phenoxy) is 1. The summed E-state index contributed by atoms with van der Waals surface area (Å²) in [6, 6.07) is -0.206. The van der Waals surface area contributed by atoms with E-state index in [2.05, 4.69) is 4.90 Å². The number of cyclic esters (lactones) is 1. The van der Waals surface area contributed by atoms with E-state index >= 15 is 0 Å². The average Bonchev–Trinajstić information content (AvgIpc) is 2.93. The first-order chi connectivity index (χ1) is 9.78. The average molecular weight is 308 g/mol. The lowest BCUT2D eigenvalue weighted by atomic mass is 10.1. The third kappa shape index (κ3) is 4.57. The van der Waals surface area contributed by atoms with Crippen LogP contribution in [0.25, 0.3) is 0 Å². The number of hydrogen-bond donors (Lipinski definition) is 0. The highest BCUT2D eigenvalue weighted by molar-refractivity contribution is 5.78. The van der Waals surface area contributed by atoms with Gasteiger partial charge in [-0.3, -0.25) is 14.6 Å². The fraction of sp³-hybridized carbons (Fsp3) is 0.929. The van der Waals surface area contributed by atoms with Gasteiger partial charge < -0.3 is 4.74 Å². The number of esters is 1. The molecule has 0 aliphatic carbocycles. The Morgan fingerprint density at radius 1 is 1.43 bits per heavy atom. The first-order valence-corrected chi connectivity index (χ1v) is 7.52. The van der Waals surface area contributed by atoms with Crippen molar-refractivity contribution >= 4 is 5.97 Å². The highest BCUT2D eigenvalue weighted by atomic mass is 19.4. The molecule has 2 saturated heterocycles. The van der Waals surface area contributed by atoms with E-state index in [-0.39, 0.29) is 24.0 Å². The van der Waals surface area contributed by atoms with Gasteiger partial charge in [-0.2, -0.15) is 13.2 Å². The molecule has 0 aromatic heterocycles. The highest BCUT2D eigenvalue weighted by Gasteiger charge is 2.40. The lowest BCUT2D eigenvalue weighted by Gasteiger charge is -2.26. The topological polar surface area (TPSA) is 32.8 Å². The SMILES string of the molecule is CCN(C[C@@H]1CCN([C@@H]2C[C@H](C)OC2=O)C1)CC(F)(F)F. The highest BCUT2D eigenvalue weighted by Crippen LogP contribution is 2.27. The third-order valence-corrected chi connectivity index (χ3v) is 4.27. The van der Waals surface area contributed by atoms with Crippen molar-refractivity contribution < 1.29 is 22.7 Å². The van der Waals surface area contributed by atoms with Crippen LogP contribution in [0.1, 0.15) is 26.7 Å². The van der Waals surface area contributed by atoms with Crippen LogP contribution in [-0.4, -0.2) is 66.8 Å². The largest absolute Gasteiger partial charge is 0.461 e. The van der Waals surface area contributed by atoms with E-state index < -0.39 is 12.7 Å². The van der Waals surface area contributed by atoms with Gasteiger partial charge in [-0.1, -0.05) is 6.92 Å². The second-order valence-electron chi connectivity index (χ2n) is 6.09. The summed E-state index contributed by atoms with van der Waals surface area (Å²) in [7, 11) is 0. The van der Waals surface area contributed by atoms with Crippen LogP contribution >= 0.6 is 0 Å². The molecule has 122 valence electrons. The molecule has 21 heavy (non-hydrogen) atoms. The number of hydrogen-bond acceptors (Lipinski definition) is 4. The fourth-order valence-electron chi connectivity index (χ4n) is 3.25. The smallest absolute Gasteiger partial charge is 0.401 e. The molecule has 0 aromatic rings. The molecule has 0 N–H and O–H groups in total. The van der Waals surface area contributed by atoms with Crippen LogP contribution in [0.3, 0.4) is 0 Å². The molecule has 0 unspecified atom stereocenters. The maximum atomic E-state index is 12.5. The molecule has 0 aromatic carbocycles. The van der Waals surface area contributed by atoms with Gasteiger partial charge in [-0.05, 0) is 32.4 Å². The monoisotopic (exact) mass is 308 g/mol. The van der Waals surface area contributed by atoms with E-state index in [1.807, 2.05) is 6.92 Å². The zero-order valence-corrected chi connectivity index (χ0v) is 12.5. The van der Waals surface area contributed by atoms with Crippen LogP contribution in [0.5, 0.6) is 0 Å². The Hall–Kier alpha value is -0.820. The van der Waals surface area contributed by atoms with Crippen LogP contribution in [0, 0.1) is 5.92 Å². The van der Waals surface area contributed by atoms with Gasteiger partial charge in [-0.15, -0.1) is 0 Å². The molecule has 2 rings (SSSR count). The van der Waals surface area contributed by atoms with Crippen LogP contribution in [0.2, 0.25) is 0 Å². The second kappa shape index (κ2) is 6.52. The molecular weight excluding hydrogens is 285 g/mol. The van der Waals surface area contributed by atoms with Crippen molar-refractivity contribution in [2.75, 3.05) is 32.7 Å². The molecule has 0 amide bonds. The minimum Gasteiger partial charge on any atom is -0.461 e. The third-order valence-electron chi connectivity index (χ3n) is 4.27. The number of nitrogens with zero attached hydrogens (tertiary/aromatic N) is 2. The number of halogens is 3. The van der Waals surface area contributed by atoms with Gasteiger partial charge in [0.2, 0.25) is 0 Å². The van der Waals surface area contributed by atoms with Crippen molar-refractivity contribution in [2.24, 2.45) is 5.92 Å². The Bertz CT molecular complexity index is 376. The number of carbonyl (C=O) groups excluding carboxylic acids is 1. The van der Waals surface area contributed by atoms with Gasteiger partial charge in [0.25, 0.3) is 0 Å². The fourth-order valence-corrected chi connectivity index (χ4v) is 3.25. The predicted octanol–water partition coefficient (Wildman–Crippen LogP) is 1.90. The van der Waals surface area contributed by atoms with Gasteiger partial charge in [-0.25, -0.2) is 0 Å². The van der Waals surface area contributed by atoms with Crippen molar-refractivity contribution in [3.8, 4) is 0 Å². The van der Waals surface area contributed by atoms with Crippen molar-refractivity contribution in [3.05, 3.63) is 0 Å². The van der Waals surface area contributed by atoms with E-state index in [0.29, 0.717) is 26.1 Å². The van der Waals surface area contributed by atoms with Gasteiger partial charge >= 0.3 is 12.1 Å². The lowest BCUT2D eigenvalue weighted by molar-refractivity contribution is -0.146. The van der Waals surface area contributed by atoms with Gasteiger partial charge in [0.05, 0.1) is 6.54 Å². The van der Waals surface area contributed by atoms with Crippen LogP contribution < -0.4 is 0 Å². The van der Waals surface area contributed by atoms with Crippen molar-refractivity contribution in [2.45, 2.75) is 45.0 Å². The van der Waals surface area contributed by atoms with Crippen LogP contribution in [-0.2, 0) is 9.53 Å². The quantitative estimate of drug-likeness (QED) is 0.726. The Morgan fingerprint density at radius 3 is 2.67 bits per heavy atom. The first-order valence-electron chi connectivity index (χ1n) is 7.52.